The van der Waals surface area contributed by atoms with E-state index in [2.05, 4.69) is 10.6 Å². The van der Waals surface area contributed by atoms with Crippen LogP contribution in [0.25, 0.3) is 0 Å². The molecule has 4 N–H and O–H groups in total. The fraction of sp³-hybridized carbons (Fsp3) is 0.200. The van der Waals surface area contributed by atoms with Gasteiger partial charge in [-0.15, -0.1) is 0 Å². The van der Waals surface area contributed by atoms with Crippen molar-refractivity contribution in [3.8, 4) is 5.75 Å². The van der Waals surface area contributed by atoms with Crippen molar-refractivity contribution in [1.29, 1.82) is 0 Å². The van der Waals surface area contributed by atoms with Crippen LogP contribution in [0, 0.1) is 0 Å². The molecule has 0 unspecified atom stereocenters. The number of carbonyl (C=O) groups is 2. The standard InChI is InChI=1S/C10H13BN2O5/c1-6(14)12-8-4-3-5-9(13-7(2)15)10(8)18-11(16)17/h3-5,16-17H,1-2H3,(H,12,14)(H,13,15). The summed E-state index contributed by atoms with van der Waals surface area (Å²) < 4.78 is 4.76. The first kappa shape index (κ1) is 14.0. The zero-order chi connectivity index (χ0) is 13.7. The van der Waals surface area contributed by atoms with Gasteiger partial charge in [0.05, 0.1) is 11.4 Å². The maximum atomic E-state index is 11.0. The molecule has 0 atom stereocenters. The van der Waals surface area contributed by atoms with Gasteiger partial charge in [0.2, 0.25) is 11.8 Å². The monoisotopic (exact) mass is 252 g/mol. The van der Waals surface area contributed by atoms with Crippen LogP contribution in [-0.4, -0.2) is 29.2 Å². The number of amides is 2. The Balaban J connectivity index is 3.15. The van der Waals surface area contributed by atoms with Crippen molar-refractivity contribution in [2.75, 3.05) is 10.6 Å². The Morgan fingerprint density at radius 2 is 1.56 bits per heavy atom. The Morgan fingerprint density at radius 1 is 1.11 bits per heavy atom. The highest BCUT2D eigenvalue weighted by Gasteiger charge is 2.19. The summed E-state index contributed by atoms with van der Waals surface area (Å²) in [4.78, 5) is 22.0. The van der Waals surface area contributed by atoms with Crippen molar-refractivity contribution in [3.63, 3.8) is 0 Å². The number of anilines is 2. The van der Waals surface area contributed by atoms with Gasteiger partial charge in [-0.25, -0.2) is 0 Å². The second kappa shape index (κ2) is 6.03. The molecule has 2 amide bonds. The zero-order valence-corrected chi connectivity index (χ0v) is 9.93. The molecule has 0 heterocycles. The maximum Gasteiger partial charge on any atom is 0.707 e. The van der Waals surface area contributed by atoms with Crippen molar-refractivity contribution in [1.82, 2.24) is 0 Å². The largest absolute Gasteiger partial charge is 0.707 e. The van der Waals surface area contributed by atoms with Crippen LogP contribution >= 0.6 is 0 Å². The van der Waals surface area contributed by atoms with Gasteiger partial charge >= 0.3 is 7.32 Å². The van der Waals surface area contributed by atoms with E-state index in [-0.39, 0.29) is 28.9 Å². The van der Waals surface area contributed by atoms with Crippen molar-refractivity contribution in [2.24, 2.45) is 0 Å². The van der Waals surface area contributed by atoms with Crippen molar-refractivity contribution in [2.45, 2.75) is 13.8 Å². The lowest BCUT2D eigenvalue weighted by Crippen LogP contribution is -2.23. The highest BCUT2D eigenvalue weighted by Crippen LogP contribution is 2.33. The van der Waals surface area contributed by atoms with Crippen LogP contribution < -0.4 is 15.3 Å². The molecular formula is C10H13BN2O5. The molecule has 0 aliphatic carbocycles. The summed E-state index contributed by atoms with van der Waals surface area (Å²) in [6.07, 6.45) is 0. The Kier molecular flexibility index (Phi) is 4.70. The second-order valence-electron chi connectivity index (χ2n) is 3.49. The first-order chi connectivity index (χ1) is 8.40. The molecule has 96 valence electrons. The summed E-state index contributed by atoms with van der Waals surface area (Å²) in [5, 5.41) is 22.6. The second-order valence-corrected chi connectivity index (χ2v) is 3.49. The van der Waals surface area contributed by atoms with E-state index in [0.717, 1.165) is 0 Å². The molecule has 1 rings (SSSR count). The average molecular weight is 252 g/mol. The first-order valence-corrected chi connectivity index (χ1v) is 5.11. The fourth-order valence-corrected chi connectivity index (χ4v) is 1.35. The number of rotatable bonds is 4. The molecule has 1 aromatic rings. The third kappa shape index (κ3) is 4.08. The van der Waals surface area contributed by atoms with Gasteiger partial charge in [0, 0.05) is 13.8 Å². The van der Waals surface area contributed by atoms with Crippen LogP contribution in [0.4, 0.5) is 11.4 Å². The molecular weight excluding hydrogens is 239 g/mol. The van der Waals surface area contributed by atoms with Crippen LogP contribution in [-0.2, 0) is 9.59 Å². The van der Waals surface area contributed by atoms with E-state index >= 15 is 0 Å². The van der Waals surface area contributed by atoms with Crippen LogP contribution in [0.2, 0.25) is 0 Å². The van der Waals surface area contributed by atoms with Crippen LogP contribution in [0.3, 0.4) is 0 Å². The van der Waals surface area contributed by atoms with Crippen molar-refractivity contribution >= 4 is 30.5 Å². The summed E-state index contributed by atoms with van der Waals surface area (Å²) in [6.45, 7) is 2.59. The number of hydrogen-bond donors (Lipinski definition) is 4. The minimum atomic E-state index is -2.06. The molecule has 8 heteroatoms. The highest BCUT2D eigenvalue weighted by atomic mass is 16.6. The predicted octanol–water partition coefficient (Wildman–Crippen LogP) is -0.0483. The fourth-order valence-electron chi connectivity index (χ4n) is 1.35. The van der Waals surface area contributed by atoms with Gasteiger partial charge in [0.15, 0.2) is 5.75 Å². The summed E-state index contributed by atoms with van der Waals surface area (Å²) in [5.41, 5.74) is 0.448. The van der Waals surface area contributed by atoms with E-state index in [0.29, 0.717) is 0 Å². The first-order valence-electron chi connectivity index (χ1n) is 5.11. The summed E-state index contributed by atoms with van der Waals surface area (Å²) in [5.74, 6) is -0.739. The molecule has 18 heavy (non-hydrogen) atoms. The normalized spacial score (nSPS) is 9.56. The van der Waals surface area contributed by atoms with Gasteiger partial charge in [0.25, 0.3) is 0 Å². The SMILES string of the molecule is CC(=O)Nc1cccc(NC(C)=O)c1OB(O)O. The molecule has 0 saturated heterocycles. The number of para-hydroxylation sites is 1. The zero-order valence-electron chi connectivity index (χ0n) is 9.93. The summed E-state index contributed by atoms with van der Waals surface area (Å²) in [6, 6.07) is 4.59. The molecule has 0 saturated carbocycles. The Hall–Kier alpha value is -2.06. The van der Waals surface area contributed by atoms with Crippen LogP contribution in [0.5, 0.6) is 5.75 Å². The molecule has 0 radical (unpaired) electrons. The van der Waals surface area contributed by atoms with E-state index in [1.54, 1.807) is 6.07 Å². The lowest BCUT2D eigenvalue weighted by atomic mass is 10.2. The topological polar surface area (TPSA) is 108 Å². The van der Waals surface area contributed by atoms with Gasteiger partial charge < -0.3 is 25.3 Å². The average Bonchev–Trinajstić information content (AvgIpc) is 2.20. The molecule has 0 bridgehead atoms. The minimum absolute atomic E-state index is 0.0297. The quantitative estimate of drug-likeness (QED) is 0.562. The van der Waals surface area contributed by atoms with E-state index < -0.39 is 7.32 Å². The van der Waals surface area contributed by atoms with E-state index in [4.69, 9.17) is 14.7 Å². The molecule has 7 nitrogen and oxygen atoms in total. The number of nitrogens with one attached hydrogen (secondary N) is 2. The lowest BCUT2D eigenvalue weighted by Gasteiger charge is -2.15. The van der Waals surface area contributed by atoms with Gasteiger partial charge in [-0.3, -0.25) is 9.59 Å². The van der Waals surface area contributed by atoms with Crippen molar-refractivity contribution in [3.05, 3.63) is 18.2 Å². The van der Waals surface area contributed by atoms with E-state index in [1.165, 1.54) is 26.0 Å². The van der Waals surface area contributed by atoms with Gasteiger partial charge in [-0.2, -0.15) is 0 Å². The summed E-state index contributed by atoms with van der Waals surface area (Å²) in [7, 11) is -2.06. The molecule has 1 aromatic carbocycles. The predicted molar refractivity (Wildman–Crippen MR) is 65.9 cm³/mol. The highest BCUT2D eigenvalue weighted by molar-refractivity contribution is 6.34. The Bertz CT molecular complexity index is 429. The molecule has 0 aliphatic rings. The third-order valence-electron chi connectivity index (χ3n) is 1.86. The van der Waals surface area contributed by atoms with E-state index in [9.17, 15) is 9.59 Å². The van der Waals surface area contributed by atoms with Crippen LogP contribution in [0.15, 0.2) is 18.2 Å². The Labute approximate surface area is 104 Å². The number of benzene rings is 1. The molecule has 0 spiro atoms. The number of hydrogen-bond acceptors (Lipinski definition) is 5. The molecule has 0 fully saturated rings. The van der Waals surface area contributed by atoms with Gasteiger partial charge in [0.1, 0.15) is 0 Å². The van der Waals surface area contributed by atoms with Crippen LogP contribution in [0.1, 0.15) is 13.8 Å². The molecule has 0 aliphatic heterocycles. The number of carbonyl (C=O) groups excluding carboxylic acids is 2. The Morgan fingerprint density at radius 3 is 1.89 bits per heavy atom. The summed E-state index contributed by atoms with van der Waals surface area (Å²) >= 11 is 0. The van der Waals surface area contributed by atoms with Crippen molar-refractivity contribution < 1.29 is 24.3 Å². The minimum Gasteiger partial charge on any atom is -0.509 e. The van der Waals surface area contributed by atoms with Gasteiger partial charge in [-0.05, 0) is 12.1 Å². The third-order valence-corrected chi connectivity index (χ3v) is 1.86. The smallest absolute Gasteiger partial charge is 0.509 e. The lowest BCUT2D eigenvalue weighted by molar-refractivity contribution is -0.115. The van der Waals surface area contributed by atoms with E-state index in [1.807, 2.05) is 0 Å². The molecule has 0 aromatic heterocycles. The van der Waals surface area contributed by atoms with Gasteiger partial charge in [-0.1, -0.05) is 6.07 Å². The maximum absolute atomic E-state index is 11.0.